The summed E-state index contributed by atoms with van der Waals surface area (Å²) in [5.41, 5.74) is 6.04. The van der Waals surface area contributed by atoms with Crippen molar-refractivity contribution < 1.29 is 0 Å². The van der Waals surface area contributed by atoms with Crippen LogP contribution >= 0.6 is 0 Å². The molecule has 1 aliphatic carbocycles. The summed E-state index contributed by atoms with van der Waals surface area (Å²) in [5.74, 6) is 1.04. The number of nitrogens with one attached hydrogen (secondary N) is 1. The van der Waals surface area contributed by atoms with Crippen LogP contribution in [0, 0.1) is 11.3 Å². The van der Waals surface area contributed by atoms with Crippen LogP contribution in [0.4, 0.5) is 0 Å². The van der Waals surface area contributed by atoms with Gasteiger partial charge in [0.05, 0.1) is 0 Å². The molecular weight excluding hydrogens is 160 g/mol. The van der Waals surface area contributed by atoms with E-state index in [1.807, 2.05) is 0 Å². The molecule has 0 amide bonds. The predicted molar refractivity (Wildman–Crippen MR) is 57.7 cm³/mol. The maximum atomic E-state index is 5.73. The first-order valence-electron chi connectivity index (χ1n) is 5.61. The molecule has 0 aromatic rings. The van der Waals surface area contributed by atoms with Crippen LogP contribution in [0.15, 0.2) is 0 Å². The van der Waals surface area contributed by atoms with E-state index in [9.17, 15) is 0 Å². The standard InChI is InChI=1S/C11H24N2/c1-3-11(2,8-12)9-13-7-6-10-4-5-10/h10,13H,3-9,12H2,1-2H3. The lowest BCUT2D eigenvalue weighted by Gasteiger charge is -2.26. The van der Waals surface area contributed by atoms with E-state index in [-0.39, 0.29) is 0 Å². The second-order valence-electron chi connectivity index (χ2n) is 4.78. The minimum atomic E-state index is 0.309. The molecule has 78 valence electrons. The first kappa shape index (κ1) is 11.0. The van der Waals surface area contributed by atoms with E-state index in [4.69, 9.17) is 5.73 Å². The molecule has 0 aromatic heterocycles. The third-order valence-corrected chi connectivity index (χ3v) is 3.32. The van der Waals surface area contributed by atoms with E-state index < -0.39 is 0 Å². The average Bonchev–Trinajstić information content (AvgIpc) is 2.96. The fourth-order valence-corrected chi connectivity index (χ4v) is 1.44. The Morgan fingerprint density at radius 3 is 2.62 bits per heavy atom. The van der Waals surface area contributed by atoms with Gasteiger partial charge < -0.3 is 11.1 Å². The van der Waals surface area contributed by atoms with Crippen LogP contribution in [0.5, 0.6) is 0 Å². The topological polar surface area (TPSA) is 38.0 Å². The summed E-state index contributed by atoms with van der Waals surface area (Å²) in [7, 11) is 0. The zero-order chi connectivity index (χ0) is 9.73. The lowest BCUT2D eigenvalue weighted by atomic mass is 9.88. The van der Waals surface area contributed by atoms with Crippen molar-refractivity contribution in [2.45, 2.75) is 39.5 Å². The van der Waals surface area contributed by atoms with Crippen molar-refractivity contribution in [3.63, 3.8) is 0 Å². The van der Waals surface area contributed by atoms with Gasteiger partial charge in [0.2, 0.25) is 0 Å². The van der Waals surface area contributed by atoms with Gasteiger partial charge in [0.25, 0.3) is 0 Å². The van der Waals surface area contributed by atoms with E-state index in [0.717, 1.165) is 19.0 Å². The molecule has 0 bridgehead atoms. The molecule has 2 nitrogen and oxygen atoms in total. The van der Waals surface area contributed by atoms with Crippen LogP contribution in [-0.4, -0.2) is 19.6 Å². The highest BCUT2D eigenvalue weighted by Crippen LogP contribution is 2.31. The van der Waals surface area contributed by atoms with Gasteiger partial charge in [-0.05, 0) is 37.3 Å². The highest BCUT2D eigenvalue weighted by atomic mass is 14.9. The van der Waals surface area contributed by atoms with E-state index in [2.05, 4.69) is 19.2 Å². The molecule has 0 aliphatic heterocycles. The Kier molecular flexibility index (Phi) is 4.20. The van der Waals surface area contributed by atoms with Gasteiger partial charge in [-0.1, -0.05) is 26.7 Å². The highest BCUT2D eigenvalue weighted by Gasteiger charge is 2.22. The number of hydrogen-bond acceptors (Lipinski definition) is 2. The monoisotopic (exact) mass is 184 g/mol. The number of nitrogens with two attached hydrogens (primary N) is 1. The fraction of sp³-hybridized carbons (Fsp3) is 1.00. The van der Waals surface area contributed by atoms with Gasteiger partial charge in [0, 0.05) is 6.54 Å². The first-order valence-corrected chi connectivity index (χ1v) is 5.61. The molecule has 1 fully saturated rings. The molecule has 0 radical (unpaired) electrons. The van der Waals surface area contributed by atoms with E-state index in [1.54, 1.807) is 0 Å². The SMILES string of the molecule is CCC(C)(CN)CNCCC1CC1. The third kappa shape index (κ3) is 4.10. The number of rotatable bonds is 7. The van der Waals surface area contributed by atoms with Crippen LogP contribution < -0.4 is 11.1 Å². The van der Waals surface area contributed by atoms with Crippen LogP contribution in [0.2, 0.25) is 0 Å². The number of hydrogen-bond donors (Lipinski definition) is 2. The van der Waals surface area contributed by atoms with Crippen molar-refractivity contribution in [3.05, 3.63) is 0 Å². The Morgan fingerprint density at radius 1 is 1.46 bits per heavy atom. The summed E-state index contributed by atoms with van der Waals surface area (Å²) >= 11 is 0. The normalized spacial score (nSPS) is 21.5. The zero-order valence-corrected chi connectivity index (χ0v) is 9.10. The second-order valence-corrected chi connectivity index (χ2v) is 4.78. The Labute approximate surface area is 82.3 Å². The van der Waals surface area contributed by atoms with E-state index in [1.165, 1.54) is 32.2 Å². The van der Waals surface area contributed by atoms with Gasteiger partial charge in [0.1, 0.15) is 0 Å². The molecular formula is C11H24N2. The van der Waals surface area contributed by atoms with E-state index in [0.29, 0.717) is 5.41 Å². The van der Waals surface area contributed by atoms with Gasteiger partial charge in [-0.25, -0.2) is 0 Å². The van der Waals surface area contributed by atoms with Crippen molar-refractivity contribution in [1.82, 2.24) is 5.32 Å². The van der Waals surface area contributed by atoms with Crippen LogP contribution in [0.25, 0.3) is 0 Å². The van der Waals surface area contributed by atoms with Crippen molar-refractivity contribution >= 4 is 0 Å². The van der Waals surface area contributed by atoms with Gasteiger partial charge in [-0.15, -0.1) is 0 Å². The van der Waals surface area contributed by atoms with Crippen molar-refractivity contribution in [2.24, 2.45) is 17.1 Å². The summed E-state index contributed by atoms with van der Waals surface area (Å²) < 4.78 is 0. The molecule has 1 aliphatic rings. The molecule has 13 heavy (non-hydrogen) atoms. The Bertz CT molecular complexity index is 137. The summed E-state index contributed by atoms with van der Waals surface area (Å²) in [5, 5.41) is 3.52. The smallest absolute Gasteiger partial charge is 0.00171 e. The minimum absolute atomic E-state index is 0.309. The predicted octanol–water partition coefficient (Wildman–Crippen LogP) is 1.75. The Balaban J connectivity index is 2.01. The molecule has 3 N–H and O–H groups in total. The summed E-state index contributed by atoms with van der Waals surface area (Å²) in [6, 6.07) is 0. The molecule has 0 heterocycles. The van der Waals surface area contributed by atoms with Crippen molar-refractivity contribution in [1.29, 1.82) is 0 Å². The van der Waals surface area contributed by atoms with Gasteiger partial charge in [0.15, 0.2) is 0 Å². The first-order chi connectivity index (χ1) is 6.20. The van der Waals surface area contributed by atoms with Gasteiger partial charge in [-0.2, -0.15) is 0 Å². The molecule has 0 aromatic carbocycles. The fourth-order valence-electron chi connectivity index (χ4n) is 1.44. The molecule has 0 saturated heterocycles. The summed E-state index contributed by atoms with van der Waals surface area (Å²) in [6.07, 6.45) is 5.46. The van der Waals surface area contributed by atoms with Crippen LogP contribution in [0.1, 0.15) is 39.5 Å². The summed E-state index contributed by atoms with van der Waals surface area (Å²) in [4.78, 5) is 0. The van der Waals surface area contributed by atoms with Gasteiger partial charge in [-0.3, -0.25) is 0 Å². The zero-order valence-electron chi connectivity index (χ0n) is 9.10. The van der Waals surface area contributed by atoms with Crippen molar-refractivity contribution in [3.8, 4) is 0 Å². The Hall–Kier alpha value is -0.0800. The van der Waals surface area contributed by atoms with Crippen molar-refractivity contribution in [2.75, 3.05) is 19.6 Å². The summed E-state index contributed by atoms with van der Waals surface area (Å²) in [6.45, 7) is 7.53. The molecule has 1 rings (SSSR count). The largest absolute Gasteiger partial charge is 0.330 e. The quantitative estimate of drug-likeness (QED) is 0.592. The van der Waals surface area contributed by atoms with Crippen LogP contribution in [-0.2, 0) is 0 Å². The second kappa shape index (κ2) is 4.97. The minimum Gasteiger partial charge on any atom is -0.330 e. The average molecular weight is 184 g/mol. The molecule has 1 saturated carbocycles. The molecule has 0 spiro atoms. The van der Waals surface area contributed by atoms with E-state index >= 15 is 0 Å². The molecule has 1 unspecified atom stereocenters. The molecule has 2 heteroatoms. The third-order valence-electron chi connectivity index (χ3n) is 3.32. The van der Waals surface area contributed by atoms with Crippen LogP contribution in [0.3, 0.4) is 0 Å². The lowest BCUT2D eigenvalue weighted by Crippen LogP contribution is -2.37. The highest BCUT2D eigenvalue weighted by molar-refractivity contribution is 4.78. The lowest BCUT2D eigenvalue weighted by molar-refractivity contribution is 0.302. The maximum absolute atomic E-state index is 5.73. The molecule has 1 atom stereocenters. The van der Waals surface area contributed by atoms with Gasteiger partial charge >= 0.3 is 0 Å². The maximum Gasteiger partial charge on any atom is 0.00171 e. The Morgan fingerprint density at radius 2 is 2.15 bits per heavy atom.